The minimum absolute atomic E-state index is 0.129. The summed E-state index contributed by atoms with van der Waals surface area (Å²) in [4.78, 5) is 2.54. The minimum atomic E-state index is -0.562. The van der Waals surface area contributed by atoms with E-state index in [0.29, 0.717) is 0 Å². The van der Waals surface area contributed by atoms with Crippen molar-refractivity contribution in [1.82, 2.24) is 0 Å². The highest BCUT2D eigenvalue weighted by atomic mass is 15.1. The van der Waals surface area contributed by atoms with Gasteiger partial charge in [0.05, 0.1) is 11.1 Å². The smallest absolute Gasteiger partial charge is 0.0714 e. The van der Waals surface area contributed by atoms with Gasteiger partial charge < -0.3 is 4.90 Å². The van der Waals surface area contributed by atoms with Gasteiger partial charge in [0.25, 0.3) is 0 Å². The van der Waals surface area contributed by atoms with Crippen LogP contribution in [0.2, 0.25) is 0 Å². The molecule has 0 atom stereocenters. The molecule has 13 rings (SSSR count). The van der Waals surface area contributed by atoms with Crippen molar-refractivity contribution in [3.8, 4) is 55.6 Å². The van der Waals surface area contributed by atoms with E-state index in [2.05, 4.69) is 280 Å². The van der Waals surface area contributed by atoms with Crippen molar-refractivity contribution >= 4 is 27.8 Å². The normalized spacial score (nSPS) is 13.6. The quantitative estimate of drug-likeness (QED) is 0.147. The Hall–Kier alpha value is -8.52. The zero-order valence-corrected chi connectivity index (χ0v) is 38.8. The number of hydrogen-bond donors (Lipinski definition) is 0. The first-order valence-corrected chi connectivity index (χ1v) is 24.2. The van der Waals surface area contributed by atoms with Crippen LogP contribution in [-0.4, -0.2) is 0 Å². The van der Waals surface area contributed by atoms with E-state index in [0.717, 1.165) is 22.6 Å². The monoisotopic (exact) mass is 879 g/mol. The van der Waals surface area contributed by atoms with Crippen molar-refractivity contribution in [1.29, 1.82) is 0 Å². The Labute approximate surface area is 405 Å². The van der Waals surface area contributed by atoms with Crippen LogP contribution in [0.1, 0.15) is 47.2 Å². The van der Waals surface area contributed by atoms with E-state index in [1.807, 2.05) is 0 Å². The first kappa shape index (κ1) is 40.7. The molecule has 0 fully saturated rings. The van der Waals surface area contributed by atoms with Crippen molar-refractivity contribution in [2.45, 2.75) is 24.7 Å². The number of hydrogen-bond acceptors (Lipinski definition) is 1. The maximum atomic E-state index is 2.54. The Morgan fingerprint density at radius 2 is 0.841 bits per heavy atom. The molecule has 0 unspecified atom stereocenters. The number of fused-ring (bicyclic) bond motifs is 7. The van der Waals surface area contributed by atoms with E-state index in [4.69, 9.17) is 0 Å². The van der Waals surface area contributed by atoms with Gasteiger partial charge in [-0.1, -0.05) is 238 Å². The van der Waals surface area contributed by atoms with Gasteiger partial charge in [0.2, 0.25) is 0 Å². The van der Waals surface area contributed by atoms with Gasteiger partial charge in [-0.3, -0.25) is 0 Å². The summed E-state index contributed by atoms with van der Waals surface area (Å²) in [6.07, 6.45) is 0. The van der Waals surface area contributed by atoms with Crippen molar-refractivity contribution in [3.63, 3.8) is 0 Å². The molecule has 0 saturated carbocycles. The summed E-state index contributed by atoms with van der Waals surface area (Å²) in [5.41, 5.74) is 22.7. The van der Waals surface area contributed by atoms with Crippen molar-refractivity contribution < 1.29 is 0 Å². The van der Waals surface area contributed by atoms with Crippen molar-refractivity contribution in [2.24, 2.45) is 0 Å². The second-order valence-electron chi connectivity index (χ2n) is 19.2. The number of anilines is 3. The number of nitrogens with zero attached hydrogens (tertiary/aromatic N) is 1. The molecule has 11 aromatic rings. The third kappa shape index (κ3) is 6.31. The lowest BCUT2D eigenvalue weighted by atomic mass is 9.67. The lowest BCUT2D eigenvalue weighted by Gasteiger charge is -2.35. The predicted octanol–water partition coefficient (Wildman–Crippen LogP) is 18.0. The molecule has 0 aromatic heterocycles. The molecule has 0 aliphatic heterocycles. The molecule has 2 aliphatic carbocycles. The molecule has 2 aliphatic rings. The summed E-state index contributed by atoms with van der Waals surface area (Å²) in [5, 5.41) is 2.42. The van der Waals surface area contributed by atoms with E-state index < -0.39 is 5.41 Å². The fraction of sp³-hybridized carbons (Fsp3) is 0.0588. The highest BCUT2D eigenvalue weighted by Gasteiger charge is 2.46. The van der Waals surface area contributed by atoms with Crippen LogP contribution in [0.25, 0.3) is 66.4 Å². The zero-order valence-electron chi connectivity index (χ0n) is 38.8. The van der Waals surface area contributed by atoms with E-state index >= 15 is 0 Å². The van der Waals surface area contributed by atoms with Crippen LogP contribution in [0.15, 0.2) is 261 Å². The van der Waals surface area contributed by atoms with Crippen LogP contribution in [0.5, 0.6) is 0 Å². The summed E-state index contributed by atoms with van der Waals surface area (Å²) >= 11 is 0. The molecule has 0 radical (unpaired) electrons. The van der Waals surface area contributed by atoms with E-state index in [1.54, 1.807) is 0 Å². The molecule has 0 amide bonds. The Balaban J connectivity index is 1.12. The van der Waals surface area contributed by atoms with Gasteiger partial charge in [-0.05, 0) is 131 Å². The molecular weight excluding hydrogens is 831 g/mol. The fourth-order valence-corrected chi connectivity index (χ4v) is 12.0. The lowest BCUT2D eigenvalue weighted by molar-refractivity contribution is 0.660. The molecule has 69 heavy (non-hydrogen) atoms. The molecule has 0 bridgehead atoms. The third-order valence-corrected chi connectivity index (χ3v) is 15.1. The van der Waals surface area contributed by atoms with Crippen LogP contribution >= 0.6 is 0 Å². The first-order chi connectivity index (χ1) is 34.0. The standard InChI is InChI=1S/C68H49N/c1-67(2)61-35-19-17-32-56(61)58-40-38-49(43-63(58)67)60-44-53(42-48-26-15-16-31-54(48)60)69(65-37-21-34-55(46-22-7-3-8-23-46)66(65)47-24-9-4-10-25-47)52-39-41-59-57-33-18-20-36-62(57)68(64(59)45-52,50-27-11-5-12-28-50)51-29-13-6-14-30-51/h3-45H,1-2H3. The van der Waals surface area contributed by atoms with Crippen molar-refractivity contribution in [2.75, 3.05) is 4.90 Å². The second-order valence-corrected chi connectivity index (χ2v) is 19.2. The van der Waals surface area contributed by atoms with Gasteiger partial charge in [0, 0.05) is 22.4 Å². The van der Waals surface area contributed by atoms with Crippen LogP contribution in [0.4, 0.5) is 17.1 Å². The van der Waals surface area contributed by atoms with E-state index in [9.17, 15) is 0 Å². The minimum Gasteiger partial charge on any atom is -0.310 e. The highest BCUT2D eigenvalue weighted by Crippen LogP contribution is 2.58. The molecule has 1 nitrogen and oxygen atoms in total. The summed E-state index contributed by atoms with van der Waals surface area (Å²) in [7, 11) is 0. The molecule has 11 aromatic carbocycles. The van der Waals surface area contributed by atoms with Crippen LogP contribution in [0, 0.1) is 0 Å². The molecule has 0 saturated heterocycles. The summed E-state index contributed by atoms with van der Waals surface area (Å²) in [5.74, 6) is 0. The lowest BCUT2D eigenvalue weighted by Crippen LogP contribution is -2.28. The van der Waals surface area contributed by atoms with E-state index in [-0.39, 0.29) is 5.41 Å². The maximum Gasteiger partial charge on any atom is 0.0714 e. The third-order valence-electron chi connectivity index (χ3n) is 15.1. The van der Waals surface area contributed by atoms with Gasteiger partial charge in [-0.25, -0.2) is 0 Å². The molecule has 0 N–H and O–H groups in total. The van der Waals surface area contributed by atoms with Crippen LogP contribution in [-0.2, 0) is 10.8 Å². The SMILES string of the molecule is CC1(C)c2ccccc2-c2ccc(-c3cc(N(c4ccc5c(c4)C(c4ccccc4)(c4ccccc4)c4ccccc4-5)c4cccc(-c5ccccc5)c4-c4ccccc4)cc4ccccc34)cc21. The molecule has 0 spiro atoms. The summed E-state index contributed by atoms with van der Waals surface area (Å²) < 4.78 is 0. The molecule has 0 heterocycles. The van der Waals surface area contributed by atoms with Crippen LogP contribution < -0.4 is 4.90 Å². The average molecular weight is 880 g/mol. The molecular formula is C68H49N. The Morgan fingerprint density at radius 3 is 1.55 bits per heavy atom. The molecule has 1 heteroatoms. The number of rotatable bonds is 8. The van der Waals surface area contributed by atoms with Gasteiger partial charge in [-0.2, -0.15) is 0 Å². The van der Waals surface area contributed by atoms with Gasteiger partial charge in [0.1, 0.15) is 0 Å². The van der Waals surface area contributed by atoms with Gasteiger partial charge in [0.15, 0.2) is 0 Å². The van der Waals surface area contributed by atoms with Crippen LogP contribution in [0.3, 0.4) is 0 Å². The highest BCUT2D eigenvalue weighted by molar-refractivity contribution is 6.04. The maximum absolute atomic E-state index is 2.54. The largest absolute Gasteiger partial charge is 0.310 e. The predicted molar refractivity (Wildman–Crippen MR) is 290 cm³/mol. The fourth-order valence-electron chi connectivity index (χ4n) is 12.0. The first-order valence-electron chi connectivity index (χ1n) is 24.2. The second kappa shape index (κ2) is 16.1. The zero-order chi connectivity index (χ0) is 46.1. The molecule has 326 valence electrons. The summed E-state index contributed by atoms with van der Waals surface area (Å²) in [6.45, 7) is 4.75. The average Bonchev–Trinajstić information content (AvgIpc) is 3.84. The van der Waals surface area contributed by atoms with Crippen molar-refractivity contribution in [3.05, 3.63) is 294 Å². The summed E-state index contributed by atoms with van der Waals surface area (Å²) in [6, 6.07) is 97.1. The Morgan fingerprint density at radius 1 is 0.304 bits per heavy atom. The topological polar surface area (TPSA) is 3.24 Å². The number of benzene rings is 11. The Bertz CT molecular complexity index is 3700. The van der Waals surface area contributed by atoms with Gasteiger partial charge >= 0.3 is 0 Å². The van der Waals surface area contributed by atoms with E-state index in [1.165, 1.54) is 94.2 Å². The van der Waals surface area contributed by atoms with Gasteiger partial charge in [-0.15, -0.1) is 0 Å². The Kier molecular flexibility index (Phi) is 9.49.